The zero-order valence-corrected chi connectivity index (χ0v) is 11.8. The third-order valence-corrected chi connectivity index (χ3v) is 2.33. The number of anilines is 1. The zero-order chi connectivity index (χ0) is 15.2. The Balaban J connectivity index is 2.76. The Morgan fingerprint density at radius 3 is 2.55 bits per heavy atom. The summed E-state index contributed by atoms with van der Waals surface area (Å²) in [5, 5.41) is 2.66. The Kier molecular flexibility index (Phi) is 6.00. The van der Waals surface area contributed by atoms with E-state index >= 15 is 0 Å². The molecule has 8 heteroatoms. The Bertz CT molecular complexity index is 424. The molecule has 0 amide bonds. The maximum Gasteiger partial charge on any atom is 0.433 e. The Morgan fingerprint density at radius 1 is 1.30 bits per heavy atom. The number of aromatic nitrogens is 2. The van der Waals surface area contributed by atoms with E-state index in [0.29, 0.717) is 19.6 Å². The maximum absolute atomic E-state index is 12.7. The van der Waals surface area contributed by atoms with E-state index in [1.807, 2.05) is 19.0 Å². The molecule has 0 saturated heterocycles. The fourth-order valence-electron chi connectivity index (χ4n) is 1.44. The lowest BCUT2D eigenvalue weighted by atomic mass is 10.4. The lowest BCUT2D eigenvalue weighted by Gasteiger charge is -2.12. The van der Waals surface area contributed by atoms with Crippen LogP contribution in [0, 0.1) is 0 Å². The summed E-state index contributed by atoms with van der Waals surface area (Å²) in [4.78, 5) is 9.28. The van der Waals surface area contributed by atoms with Gasteiger partial charge < -0.3 is 15.0 Å². The molecule has 114 valence electrons. The van der Waals surface area contributed by atoms with Crippen molar-refractivity contribution >= 4 is 5.95 Å². The average molecular weight is 292 g/mol. The van der Waals surface area contributed by atoms with Crippen molar-refractivity contribution in [3.05, 3.63) is 11.8 Å². The third kappa shape index (κ3) is 5.60. The quantitative estimate of drug-likeness (QED) is 0.781. The largest absolute Gasteiger partial charge is 0.477 e. The molecule has 1 rings (SSSR count). The van der Waals surface area contributed by atoms with Crippen LogP contribution in [0.2, 0.25) is 0 Å². The highest BCUT2D eigenvalue weighted by atomic mass is 19.4. The minimum atomic E-state index is -4.52. The van der Waals surface area contributed by atoms with Crippen LogP contribution in [0.5, 0.6) is 5.88 Å². The molecule has 1 aromatic rings. The molecule has 0 atom stereocenters. The maximum atomic E-state index is 12.7. The summed E-state index contributed by atoms with van der Waals surface area (Å²) in [5.41, 5.74) is -1.01. The number of rotatable bonds is 7. The van der Waals surface area contributed by atoms with Gasteiger partial charge in [0, 0.05) is 19.2 Å². The van der Waals surface area contributed by atoms with Crippen molar-refractivity contribution in [3.8, 4) is 5.88 Å². The van der Waals surface area contributed by atoms with Crippen molar-refractivity contribution in [3.63, 3.8) is 0 Å². The van der Waals surface area contributed by atoms with Crippen LogP contribution >= 0.6 is 0 Å². The van der Waals surface area contributed by atoms with Gasteiger partial charge in [-0.25, -0.2) is 4.98 Å². The SMILES string of the molecule is CCNc1nc(OCCCN(C)C)cc(C(F)(F)F)n1. The molecule has 0 aliphatic rings. The highest BCUT2D eigenvalue weighted by Gasteiger charge is 2.34. The fraction of sp³-hybridized carbons (Fsp3) is 0.667. The minimum Gasteiger partial charge on any atom is -0.477 e. The van der Waals surface area contributed by atoms with Gasteiger partial charge in [0.15, 0.2) is 5.69 Å². The van der Waals surface area contributed by atoms with Crippen LogP contribution in [0.25, 0.3) is 0 Å². The van der Waals surface area contributed by atoms with Crippen LogP contribution < -0.4 is 10.1 Å². The molecule has 0 unspecified atom stereocenters. The summed E-state index contributed by atoms with van der Waals surface area (Å²) >= 11 is 0. The van der Waals surface area contributed by atoms with E-state index in [0.717, 1.165) is 12.6 Å². The van der Waals surface area contributed by atoms with Gasteiger partial charge in [0.2, 0.25) is 11.8 Å². The van der Waals surface area contributed by atoms with E-state index in [1.54, 1.807) is 6.92 Å². The van der Waals surface area contributed by atoms with Gasteiger partial charge in [-0.15, -0.1) is 0 Å². The van der Waals surface area contributed by atoms with Crippen LogP contribution in [0.1, 0.15) is 19.0 Å². The zero-order valence-electron chi connectivity index (χ0n) is 11.8. The molecule has 0 aliphatic carbocycles. The minimum absolute atomic E-state index is 0.0676. The van der Waals surface area contributed by atoms with Gasteiger partial charge in [0.05, 0.1) is 6.61 Å². The van der Waals surface area contributed by atoms with Gasteiger partial charge in [0.25, 0.3) is 0 Å². The van der Waals surface area contributed by atoms with Crippen molar-refractivity contribution in [2.75, 3.05) is 39.1 Å². The molecule has 0 fully saturated rings. The highest BCUT2D eigenvalue weighted by Crippen LogP contribution is 2.30. The molecule has 0 bridgehead atoms. The second-order valence-electron chi connectivity index (χ2n) is 4.45. The number of nitrogens with one attached hydrogen (secondary N) is 1. The van der Waals surface area contributed by atoms with Gasteiger partial charge in [-0.3, -0.25) is 0 Å². The predicted molar refractivity (Wildman–Crippen MR) is 69.9 cm³/mol. The highest BCUT2D eigenvalue weighted by molar-refractivity contribution is 5.31. The second-order valence-corrected chi connectivity index (χ2v) is 4.45. The molecule has 0 saturated carbocycles. The topological polar surface area (TPSA) is 50.3 Å². The van der Waals surface area contributed by atoms with Gasteiger partial charge in [0.1, 0.15) is 0 Å². The van der Waals surface area contributed by atoms with Crippen molar-refractivity contribution in [2.45, 2.75) is 19.5 Å². The monoisotopic (exact) mass is 292 g/mol. The first-order valence-corrected chi connectivity index (χ1v) is 6.30. The number of alkyl halides is 3. The van der Waals surface area contributed by atoms with E-state index in [2.05, 4.69) is 15.3 Å². The molecular formula is C12H19F3N4O. The Labute approximate surface area is 116 Å². The van der Waals surface area contributed by atoms with Gasteiger partial charge >= 0.3 is 6.18 Å². The van der Waals surface area contributed by atoms with Crippen molar-refractivity contribution in [1.82, 2.24) is 14.9 Å². The molecule has 0 aliphatic heterocycles. The first kappa shape index (κ1) is 16.5. The summed E-state index contributed by atoms with van der Waals surface area (Å²) < 4.78 is 43.4. The molecule has 1 N–H and O–H groups in total. The summed E-state index contributed by atoms with van der Waals surface area (Å²) in [6, 6.07) is 0.816. The summed E-state index contributed by atoms with van der Waals surface area (Å²) in [6.45, 7) is 3.28. The Hall–Kier alpha value is -1.57. The lowest BCUT2D eigenvalue weighted by molar-refractivity contribution is -0.141. The van der Waals surface area contributed by atoms with E-state index in [-0.39, 0.29) is 11.8 Å². The molecule has 5 nitrogen and oxygen atoms in total. The summed E-state index contributed by atoms with van der Waals surface area (Å²) in [5.74, 6) is -0.146. The third-order valence-electron chi connectivity index (χ3n) is 2.33. The van der Waals surface area contributed by atoms with E-state index < -0.39 is 11.9 Å². The molecule has 0 aromatic carbocycles. The summed E-state index contributed by atoms with van der Waals surface area (Å²) in [6.07, 6.45) is -3.82. The lowest BCUT2D eigenvalue weighted by Crippen LogP contribution is -2.16. The summed E-state index contributed by atoms with van der Waals surface area (Å²) in [7, 11) is 3.82. The van der Waals surface area contributed by atoms with Gasteiger partial charge in [-0.2, -0.15) is 18.2 Å². The normalized spacial score (nSPS) is 11.8. The van der Waals surface area contributed by atoms with Crippen LogP contribution in [-0.2, 0) is 6.18 Å². The van der Waals surface area contributed by atoms with Crippen LogP contribution in [-0.4, -0.2) is 48.7 Å². The smallest absolute Gasteiger partial charge is 0.433 e. The second kappa shape index (κ2) is 7.28. The number of nitrogens with zero attached hydrogens (tertiary/aromatic N) is 3. The average Bonchev–Trinajstić information content (AvgIpc) is 2.33. The first-order chi connectivity index (χ1) is 9.32. The molecular weight excluding hydrogens is 273 g/mol. The molecule has 0 radical (unpaired) electrons. The van der Waals surface area contributed by atoms with Crippen molar-refractivity contribution < 1.29 is 17.9 Å². The Morgan fingerprint density at radius 2 is 2.00 bits per heavy atom. The van der Waals surface area contributed by atoms with Gasteiger partial charge in [-0.05, 0) is 27.4 Å². The first-order valence-electron chi connectivity index (χ1n) is 6.30. The van der Waals surface area contributed by atoms with Crippen molar-refractivity contribution in [1.29, 1.82) is 0 Å². The van der Waals surface area contributed by atoms with Crippen LogP contribution in [0.3, 0.4) is 0 Å². The number of ether oxygens (including phenoxy) is 1. The number of hydrogen-bond acceptors (Lipinski definition) is 5. The van der Waals surface area contributed by atoms with Crippen LogP contribution in [0.15, 0.2) is 6.07 Å². The van der Waals surface area contributed by atoms with E-state index in [4.69, 9.17) is 4.74 Å². The molecule has 1 heterocycles. The standard InChI is InChI=1S/C12H19F3N4O/c1-4-16-11-17-9(12(13,14)15)8-10(18-11)20-7-5-6-19(2)3/h8H,4-7H2,1-3H3,(H,16,17,18). The predicted octanol–water partition coefficient (Wildman–Crippen LogP) is 2.26. The van der Waals surface area contributed by atoms with E-state index in [9.17, 15) is 13.2 Å². The van der Waals surface area contributed by atoms with Gasteiger partial charge in [-0.1, -0.05) is 0 Å². The molecule has 0 spiro atoms. The molecule has 20 heavy (non-hydrogen) atoms. The number of halogens is 3. The van der Waals surface area contributed by atoms with E-state index in [1.165, 1.54) is 0 Å². The fourth-order valence-corrected chi connectivity index (χ4v) is 1.44. The van der Waals surface area contributed by atoms with Crippen LogP contribution in [0.4, 0.5) is 19.1 Å². The number of hydrogen-bond donors (Lipinski definition) is 1. The molecule has 1 aromatic heterocycles. The van der Waals surface area contributed by atoms with Crippen molar-refractivity contribution in [2.24, 2.45) is 0 Å².